The lowest BCUT2D eigenvalue weighted by atomic mass is 9.84. The Bertz CT molecular complexity index is 1110. The second-order valence-electron chi connectivity index (χ2n) is 9.15. The average Bonchev–Trinajstić information content (AvgIpc) is 3.46. The van der Waals surface area contributed by atoms with Gasteiger partial charge in [0.2, 0.25) is 5.95 Å². The molecule has 5 rings (SSSR count). The van der Waals surface area contributed by atoms with Gasteiger partial charge in [0.05, 0.1) is 15.8 Å². The number of fused-ring (bicyclic) bond motifs is 1. The molecule has 2 aliphatic rings. The van der Waals surface area contributed by atoms with Gasteiger partial charge < -0.3 is 26.4 Å². The lowest BCUT2D eigenvalue weighted by Gasteiger charge is -2.33. The molecule has 3 aromatic rings. The number of hydrogen-bond donors (Lipinski definition) is 5. The van der Waals surface area contributed by atoms with E-state index in [4.69, 9.17) is 4.98 Å². The number of aliphatic hydroxyl groups is 1. The van der Waals surface area contributed by atoms with E-state index >= 15 is 0 Å². The average molecular weight is 488 g/mol. The monoisotopic (exact) mass is 487 g/mol. The molecule has 0 atom stereocenters. The van der Waals surface area contributed by atoms with Crippen molar-refractivity contribution in [1.82, 2.24) is 25.0 Å². The van der Waals surface area contributed by atoms with Crippen molar-refractivity contribution in [2.45, 2.75) is 63.1 Å². The first-order valence-electron chi connectivity index (χ1n) is 11.4. The summed E-state index contributed by atoms with van der Waals surface area (Å²) in [6.07, 6.45) is 5.22. The number of anilines is 3. The molecule has 1 amide bonds. The van der Waals surface area contributed by atoms with E-state index < -0.39 is 5.60 Å². The van der Waals surface area contributed by atoms with Crippen molar-refractivity contribution in [3.8, 4) is 0 Å². The van der Waals surface area contributed by atoms with Crippen molar-refractivity contribution >= 4 is 55.8 Å². The summed E-state index contributed by atoms with van der Waals surface area (Å²) in [6, 6.07) is 4.19. The summed E-state index contributed by atoms with van der Waals surface area (Å²) in [6.45, 7) is 3.75. The molecular weight excluding hydrogens is 458 g/mol. The Balaban J connectivity index is 1.28. The summed E-state index contributed by atoms with van der Waals surface area (Å²) in [5.41, 5.74) is 0.709. The predicted octanol–water partition coefficient (Wildman–Crippen LogP) is 3.48. The van der Waals surface area contributed by atoms with Crippen LogP contribution >= 0.6 is 22.9 Å². The van der Waals surface area contributed by atoms with Crippen molar-refractivity contribution in [3.05, 3.63) is 23.2 Å². The molecular formula is C22H29N7O2S2. The van der Waals surface area contributed by atoms with E-state index in [2.05, 4.69) is 30.6 Å². The largest absolute Gasteiger partial charge is 0.390 e. The van der Waals surface area contributed by atoms with Crippen molar-refractivity contribution in [2.75, 3.05) is 23.7 Å². The minimum atomic E-state index is -0.571. The Hall–Kier alpha value is -2.34. The number of nitrogens with one attached hydrogen (secondary N) is 4. The maximum absolute atomic E-state index is 12.6. The molecule has 2 fully saturated rings. The topological polar surface area (TPSA) is 124 Å². The number of amides is 1. The molecule has 1 saturated heterocycles. The van der Waals surface area contributed by atoms with Gasteiger partial charge in [0.25, 0.3) is 5.91 Å². The van der Waals surface area contributed by atoms with Crippen LogP contribution in [0.4, 0.5) is 16.8 Å². The number of rotatable bonds is 6. The third-order valence-electron chi connectivity index (χ3n) is 6.36. The predicted molar refractivity (Wildman–Crippen MR) is 133 cm³/mol. The first-order valence-corrected chi connectivity index (χ1v) is 13.1. The molecule has 3 aromatic heterocycles. The molecule has 0 unspecified atom stereocenters. The normalized spacial score (nSPS) is 24.0. The second kappa shape index (κ2) is 9.49. The zero-order chi connectivity index (χ0) is 22.8. The van der Waals surface area contributed by atoms with Gasteiger partial charge in [-0.3, -0.25) is 4.79 Å². The fraction of sp³-hybridized carbons (Fsp3) is 0.545. The van der Waals surface area contributed by atoms with Crippen LogP contribution in [0.25, 0.3) is 10.2 Å². The summed E-state index contributed by atoms with van der Waals surface area (Å²) in [7, 11) is 0. The van der Waals surface area contributed by atoms with Gasteiger partial charge in [0, 0.05) is 18.2 Å². The fourth-order valence-electron chi connectivity index (χ4n) is 4.37. The SMILES string of the molecule is C[C@]1(O)CC[C@H](Nc2nc(Nc3cc(C(=O)NC4CCNCC4)ns3)nc3ccsc23)CC1. The quantitative estimate of drug-likeness (QED) is 0.358. The van der Waals surface area contributed by atoms with Gasteiger partial charge in [0.15, 0.2) is 0 Å². The standard InChI is InChI=1S/C22H29N7O2S2/c1-22(31)7-2-13(3-8-22)24-19-18-15(6-11-32-18)26-21(28-19)27-17-12-16(29-33-17)20(30)25-14-4-9-23-10-5-14/h6,11-14,23,31H,2-5,7-10H2,1H3,(H,25,30)(H2,24,26,27,28)/t13-,22-. The lowest BCUT2D eigenvalue weighted by Crippen LogP contribution is -2.42. The van der Waals surface area contributed by atoms with Crippen LogP contribution in [0.2, 0.25) is 0 Å². The van der Waals surface area contributed by atoms with Crippen LogP contribution in [-0.2, 0) is 0 Å². The van der Waals surface area contributed by atoms with E-state index in [0.29, 0.717) is 11.6 Å². The molecule has 176 valence electrons. The van der Waals surface area contributed by atoms with Crippen LogP contribution in [-0.4, -0.2) is 56.1 Å². The second-order valence-corrected chi connectivity index (χ2v) is 10.9. The van der Waals surface area contributed by atoms with Gasteiger partial charge >= 0.3 is 0 Å². The van der Waals surface area contributed by atoms with E-state index in [-0.39, 0.29) is 18.0 Å². The molecule has 11 heteroatoms. The first-order chi connectivity index (χ1) is 15.9. The van der Waals surface area contributed by atoms with Crippen LogP contribution in [0.15, 0.2) is 17.5 Å². The van der Waals surface area contributed by atoms with E-state index in [1.807, 2.05) is 18.4 Å². The molecule has 5 N–H and O–H groups in total. The van der Waals surface area contributed by atoms with E-state index in [1.165, 1.54) is 11.5 Å². The first kappa shape index (κ1) is 22.5. The molecule has 0 bridgehead atoms. The third-order valence-corrected chi connectivity index (χ3v) is 7.97. The van der Waals surface area contributed by atoms with Crippen molar-refractivity contribution in [3.63, 3.8) is 0 Å². The minimum Gasteiger partial charge on any atom is -0.390 e. The number of thiophene rings is 1. The van der Waals surface area contributed by atoms with Gasteiger partial charge in [-0.05, 0) is 81.5 Å². The Morgan fingerprint density at radius 1 is 1.18 bits per heavy atom. The van der Waals surface area contributed by atoms with Crippen LogP contribution < -0.4 is 21.3 Å². The fourth-order valence-corrected chi connectivity index (χ4v) is 5.79. The molecule has 1 saturated carbocycles. The number of nitrogens with zero attached hydrogens (tertiary/aromatic N) is 3. The molecule has 1 aliphatic heterocycles. The Kier molecular flexibility index (Phi) is 6.46. The van der Waals surface area contributed by atoms with Crippen molar-refractivity contribution in [2.24, 2.45) is 0 Å². The Morgan fingerprint density at radius 3 is 2.76 bits per heavy atom. The highest BCUT2D eigenvalue weighted by atomic mass is 32.1. The van der Waals surface area contributed by atoms with Gasteiger partial charge in [-0.25, -0.2) is 4.98 Å². The van der Waals surface area contributed by atoms with Crippen LogP contribution in [0.1, 0.15) is 55.9 Å². The van der Waals surface area contributed by atoms with Crippen LogP contribution in [0.3, 0.4) is 0 Å². The van der Waals surface area contributed by atoms with Gasteiger partial charge in [-0.1, -0.05) is 0 Å². The summed E-state index contributed by atoms with van der Waals surface area (Å²) in [4.78, 5) is 21.9. The molecule has 9 nitrogen and oxygen atoms in total. The molecule has 4 heterocycles. The highest BCUT2D eigenvalue weighted by Crippen LogP contribution is 2.33. The van der Waals surface area contributed by atoms with Gasteiger partial charge in [-0.15, -0.1) is 11.3 Å². The maximum atomic E-state index is 12.6. The summed E-state index contributed by atoms with van der Waals surface area (Å²) < 4.78 is 5.34. The number of carbonyl (C=O) groups excluding carboxylic acids is 1. The number of aromatic nitrogens is 3. The zero-order valence-corrected chi connectivity index (χ0v) is 20.2. The number of hydrogen-bond acceptors (Lipinski definition) is 10. The summed E-state index contributed by atoms with van der Waals surface area (Å²) >= 11 is 2.83. The number of carbonyl (C=O) groups is 1. The third kappa shape index (κ3) is 5.43. The van der Waals surface area contributed by atoms with Crippen LogP contribution in [0, 0.1) is 0 Å². The molecule has 1 aliphatic carbocycles. The summed E-state index contributed by atoms with van der Waals surface area (Å²) in [5, 5.41) is 26.1. The molecule has 0 radical (unpaired) electrons. The number of piperidine rings is 1. The molecule has 0 aromatic carbocycles. The van der Waals surface area contributed by atoms with Gasteiger partial charge in [0.1, 0.15) is 16.5 Å². The van der Waals surface area contributed by atoms with E-state index in [0.717, 1.165) is 72.7 Å². The molecule has 0 spiro atoms. The van der Waals surface area contributed by atoms with Crippen molar-refractivity contribution in [1.29, 1.82) is 0 Å². The summed E-state index contributed by atoms with van der Waals surface area (Å²) in [5.74, 6) is 1.13. The van der Waals surface area contributed by atoms with E-state index in [1.54, 1.807) is 17.4 Å². The van der Waals surface area contributed by atoms with Gasteiger partial charge in [-0.2, -0.15) is 9.36 Å². The Labute approximate surface area is 200 Å². The zero-order valence-electron chi connectivity index (χ0n) is 18.6. The molecule has 33 heavy (non-hydrogen) atoms. The Morgan fingerprint density at radius 2 is 1.97 bits per heavy atom. The van der Waals surface area contributed by atoms with Crippen LogP contribution in [0.5, 0.6) is 0 Å². The lowest BCUT2D eigenvalue weighted by molar-refractivity contribution is 0.0196. The smallest absolute Gasteiger partial charge is 0.271 e. The highest BCUT2D eigenvalue weighted by molar-refractivity contribution is 7.17. The van der Waals surface area contributed by atoms with Crippen molar-refractivity contribution < 1.29 is 9.90 Å². The van der Waals surface area contributed by atoms with E-state index in [9.17, 15) is 9.90 Å². The maximum Gasteiger partial charge on any atom is 0.271 e. The minimum absolute atomic E-state index is 0.143. The highest BCUT2D eigenvalue weighted by Gasteiger charge is 2.29.